The van der Waals surface area contributed by atoms with Crippen LogP contribution in [0, 0.1) is 13.8 Å². The van der Waals surface area contributed by atoms with E-state index in [0.717, 1.165) is 12.2 Å². The SMILES string of the molecule is CCCCC(N)c1cc(C)c(OCC)cc1C. The van der Waals surface area contributed by atoms with Gasteiger partial charge in [-0.15, -0.1) is 0 Å². The van der Waals surface area contributed by atoms with Crippen LogP contribution in [0.4, 0.5) is 0 Å². The second-order valence-electron chi connectivity index (χ2n) is 4.66. The maximum atomic E-state index is 6.23. The Kier molecular flexibility index (Phi) is 5.49. The summed E-state index contributed by atoms with van der Waals surface area (Å²) in [5.41, 5.74) is 9.92. The summed E-state index contributed by atoms with van der Waals surface area (Å²) in [6, 6.07) is 4.45. The Bertz CT molecular complexity index is 360. The number of ether oxygens (including phenoxy) is 1. The predicted molar refractivity (Wildman–Crippen MR) is 73.5 cm³/mol. The van der Waals surface area contributed by atoms with Crippen LogP contribution in [0.5, 0.6) is 5.75 Å². The van der Waals surface area contributed by atoms with Gasteiger partial charge in [0, 0.05) is 6.04 Å². The minimum absolute atomic E-state index is 0.157. The molecule has 1 atom stereocenters. The van der Waals surface area contributed by atoms with Crippen LogP contribution >= 0.6 is 0 Å². The lowest BCUT2D eigenvalue weighted by molar-refractivity contribution is 0.337. The Morgan fingerprint density at radius 3 is 2.47 bits per heavy atom. The molecule has 0 amide bonds. The van der Waals surface area contributed by atoms with Crippen molar-refractivity contribution in [1.82, 2.24) is 0 Å². The summed E-state index contributed by atoms with van der Waals surface area (Å²) in [6.07, 6.45) is 3.44. The summed E-state index contributed by atoms with van der Waals surface area (Å²) in [4.78, 5) is 0. The topological polar surface area (TPSA) is 35.2 Å². The summed E-state index contributed by atoms with van der Waals surface area (Å²) in [6.45, 7) is 9.11. The molecule has 0 aliphatic heterocycles. The lowest BCUT2D eigenvalue weighted by Gasteiger charge is -2.17. The van der Waals surface area contributed by atoms with E-state index in [-0.39, 0.29) is 6.04 Å². The Morgan fingerprint density at radius 1 is 1.18 bits per heavy atom. The molecule has 1 unspecified atom stereocenters. The van der Waals surface area contributed by atoms with Gasteiger partial charge in [-0.2, -0.15) is 0 Å². The van der Waals surface area contributed by atoms with Crippen LogP contribution in [0.1, 0.15) is 55.8 Å². The number of benzene rings is 1. The fraction of sp³-hybridized carbons (Fsp3) is 0.600. The monoisotopic (exact) mass is 235 g/mol. The quantitative estimate of drug-likeness (QED) is 0.811. The average Bonchev–Trinajstić information content (AvgIpc) is 2.30. The van der Waals surface area contributed by atoms with Crippen molar-refractivity contribution in [2.45, 2.75) is 53.0 Å². The second kappa shape index (κ2) is 6.65. The zero-order valence-electron chi connectivity index (χ0n) is 11.5. The minimum atomic E-state index is 0.157. The van der Waals surface area contributed by atoms with E-state index in [2.05, 4.69) is 32.9 Å². The van der Waals surface area contributed by atoms with Crippen molar-refractivity contribution in [2.75, 3.05) is 6.61 Å². The van der Waals surface area contributed by atoms with Crippen LogP contribution in [0.3, 0.4) is 0 Å². The van der Waals surface area contributed by atoms with Crippen molar-refractivity contribution in [3.05, 3.63) is 28.8 Å². The first-order chi connectivity index (χ1) is 8.10. The van der Waals surface area contributed by atoms with Gasteiger partial charge in [0.1, 0.15) is 5.75 Å². The fourth-order valence-corrected chi connectivity index (χ4v) is 2.10. The van der Waals surface area contributed by atoms with Crippen molar-refractivity contribution < 1.29 is 4.74 Å². The lowest BCUT2D eigenvalue weighted by atomic mass is 9.95. The van der Waals surface area contributed by atoms with Gasteiger partial charge in [0.05, 0.1) is 6.61 Å². The maximum absolute atomic E-state index is 6.23. The molecule has 0 saturated carbocycles. The molecule has 0 spiro atoms. The third-order valence-electron chi connectivity index (χ3n) is 3.13. The second-order valence-corrected chi connectivity index (χ2v) is 4.66. The third kappa shape index (κ3) is 3.74. The van der Waals surface area contributed by atoms with Gasteiger partial charge in [0.15, 0.2) is 0 Å². The highest BCUT2D eigenvalue weighted by atomic mass is 16.5. The van der Waals surface area contributed by atoms with Crippen LogP contribution in [0.2, 0.25) is 0 Å². The molecule has 17 heavy (non-hydrogen) atoms. The number of rotatable bonds is 6. The van der Waals surface area contributed by atoms with Crippen LogP contribution in [-0.4, -0.2) is 6.61 Å². The third-order valence-corrected chi connectivity index (χ3v) is 3.13. The molecule has 1 aromatic carbocycles. The molecule has 0 heterocycles. The molecule has 0 saturated heterocycles. The van der Waals surface area contributed by atoms with Gasteiger partial charge in [-0.05, 0) is 49.9 Å². The zero-order chi connectivity index (χ0) is 12.8. The highest BCUT2D eigenvalue weighted by molar-refractivity contribution is 5.42. The molecule has 96 valence electrons. The van der Waals surface area contributed by atoms with Crippen molar-refractivity contribution >= 4 is 0 Å². The molecular formula is C15H25NO. The number of nitrogens with two attached hydrogens (primary N) is 1. The molecular weight excluding hydrogens is 210 g/mol. The van der Waals surface area contributed by atoms with Gasteiger partial charge < -0.3 is 10.5 Å². The van der Waals surface area contributed by atoms with E-state index in [1.54, 1.807) is 0 Å². The van der Waals surface area contributed by atoms with Gasteiger partial charge in [0.2, 0.25) is 0 Å². The van der Waals surface area contributed by atoms with Crippen LogP contribution < -0.4 is 10.5 Å². The Labute approximate surface area is 105 Å². The van der Waals surface area contributed by atoms with E-state index in [4.69, 9.17) is 10.5 Å². The van der Waals surface area contributed by atoms with E-state index in [1.807, 2.05) is 6.92 Å². The number of hydrogen-bond acceptors (Lipinski definition) is 2. The van der Waals surface area contributed by atoms with E-state index >= 15 is 0 Å². The summed E-state index contributed by atoms with van der Waals surface area (Å²) in [7, 11) is 0. The van der Waals surface area contributed by atoms with E-state index < -0.39 is 0 Å². The van der Waals surface area contributed by atoms with Crippen molar-refractivity contribution in [2.24, 2.45) is 5.73 Å². The summed E-state index contributed by atoms with van der Waals surface area (Å²) in [5, 5.41) is 0. The maximum Gasteiger partial charge on any atom is 0.122 e. The van der Waals surface area contributed by atoms with Crippen molar-refractivity contribution in [3.63, 3.8) is 0 Å². The van der Waals surface area contributed by atoms with E-state index in [9.17, 15) is 0 Å². The Balaban J connectivity index is 2.90. The van der Waals surface area contributed by atoms with Crippen molar-refractivity contribution in [1.29, 1.82) is 0 Å². The highest BCUT2D eigenvalue weighted by Gasteiger charge is 2.11. The Hall–Kier alpha value is -1.02. The molecule has 1 rings (SSSR count). The summed E-state index contributed by atoms with van der Waals surface area (Å²) >= 11 is 0. The van der Waals surface area contributed by atoms with E-state index in [1.165, 1.54) is 29.5 Å². The molecule has 0 aliphatic carbocycles. The predicted octanol–water partition coefficient (Wildman–Crippen LogP) is 3.89. The minimum Gasteiger partial charge on any atom is -0.494 e. The van der Waals surface area contributed by atoms with Gasteiger partial charge in [-0.25, -0.2) is 0 Å². The molecule has 2 N–H and O–H groups in total. The molecule has 2 nitrogen and oxygen atoms in total. The van der Waals surface area contributed by atoms with Gasteiger partial charge in [-0.3, -0.25) is 0 Å². The Morgan fingerprint density at radius 2 is 1.88 bits per heavy atom. The summed E-state index contributed by atoms with van der Waals surface area (Å²) < 4.78 is 5.59. The largest absolute Gasteiger partial charge is 0.494 e. The highest BCUT2D eigenvalue weighted by Crippen LogP contribution is 2.27. The molecule has 0 bridgehead atoms. The van der Waals surface area contributed by atoms with Crippen LogP contribution in [0.25, 0.3) is 0 Å². The first-order valence-electron chi connectivity index (χ1n) is 6.59. The smallest absolute Gasteiger partial charge is 0.122 e. The average molecular weight is 235 g/mol. The zero-order valence-corrected chi connectivity index (χ0v) is 11.5. The number of aryl methyl sites for hydroxylation is 2. The standard InChI is InChI=1S/C15H25NO/c1-5-7-8-14(16)13-9-12(4)15(17-6-2)10-11(13)3/h9-10,14H,5-8,16H2,1-4H3. The molecule has 0 radical (unpaired) electrons. The van der Waals surface area contributed by atoms with Gasteiger partial charge in [-0.1, -0.05) is 25.8 Å². The van der Waals surface area contributed by atoms with E-state index in [0.29, 0.717) is 6.61 Å². The van der Waals surface area contributed by atoms with Gasteiger partial charge >= 0.3 is 0 Å². The normalized spacial score (nSPS) is 12.5. The molecule has 1 aromatic rings. The number of hydrogen-bond donors (Lipinski definition) is 1. The number of unbranched alkanes of at least 4 members (excludes halogenated alkanes) is 1. The summed E-state index contributed by atoms with van der Waals surface area (Å²) in [5.74, 6) is 0.983. The molecule has 0 aromatic heterocycles. The molecule has 0 aliphatic rings. The lowest BCUT2D eigenvalue weighted by Crippen LogP contribution is -2.12. The fourth-order valence-electron chi connectivity index (χ4n) is 2.10. The van der Waals surface area contributed by atoms with Gasteiger partial charge in [0.25, 0.3) is 0 Å². The first kappa shape index (κ1) is 14.0. The van der Waals surface area contributed by atoms with Crippen LogP contribution in [0.15, 0.2) is 12.1 Å². The van der Waals surface area contributed by atoms with Crippen LogP contribution in [-0.2, 0) is 0 Å². The molecule has 2 heteroatoms. The first-order valence-corrected chi connectivity index (χ1v) is 6.59. The molecule has 0 fully saturated rings. The van der Waals surface area contributed by atoms with Crippen molar-refractivity contribution in [3.8, 4) is 5.75 Å².